The Labute approximate surface area is 74.6 Å². The van der Waals surface area contributed by atoms with Crippen molar-refractivity contribution in [2.75, 3.05) is 19.8 Å². The van der Waals surface area contributed by atoms with Crippen molar-refractivity contribution in [1.82, 2.24) is 0 Å². The Balaban J connectivity index is 2.21. The van der Waals surface area contributed by atoms with Crippen molar-refractivity contribution >= 4 is 0 Å². The molecule has 1 saturated heterocycles. The molecular formula is C10H18O2. The third kappa shape index (κ3) is 2.86. The molecule has 0 bridgehead atoms. The lowest BCUT2D eigenvalue weighted by atomic mass is 9.80. The van der Waals surface area contributed by atoms with Gasteiger partial charge in [-0.05, 0) is 24.7 Å². The normalized spacial score (nSPS) is 21.8. The van der Waals surface area contributed by atoms with Crippen LogP contribution >= 0.6 is 0 Å². The SMILES string of the molecule is C=COCCC1(C)CCOCC1. The minimum absolute atomic E-state index is 0.432. The molecule has 1 aliphatic heterocycles. The highest BCUT2D eigenvalue weighted by molar-refractivity contribution is 4.77. The maximum atomic E-state index is 5.31. The smallest absolute Gasteiger partial charge is 0.0878 e. The fourth-order valence-corrected chi connectivity index (χ4v) is 1.50. The Morgan fingerprint density at radius 2 is 2.17 bits per heavy atom. The molecule has 0 saturated carbocycles. The van der Waals surface area contributed by atoms with E-state index in [0.29, 0.717) is 5.41 Å². The quantitative estimate of drug-likeness (QED) is 0.476. The van der Waals surface area contributed by atoms with E-state index in [4.69, 9.17) is 9.47 Å². The van der Waals surface area contributed by atoms with Crippen molar-refractivity contribution in [3.63, 3.8) is 0 Å². The lowest BCUT2D eigenvalue weighted by Crippen LogP contribution is -2.27. The first kappa shape index (κ1) is 9.59. The second-order valence-electron chi connectivity index (χ2n) is 3.71. The van der Waals surface area contributed by atoms with E-state index in [2.05, 4.69) is 13.5 Å². The summed E-state index contributed by atoms with van der Waals surface area (Å²) >= 11 is 0. The van der Waals surface area contributed by atoms with Crippen molar-refractivity contribution < 1.29 is 9.47 Å². The first-order chi connectivity index (χ1) is 5.77. The van der Waals surface area contributed by atoms with Crippen LogP contribution in [-0.4, -0.2) is 19.8 Å². The van der Waals surface area contributed by atoms with E-state index in [1.165, 1.54) is 6.26 Å². The summed E-state index contributed by atoms with van der Waals surface area (Å²) in [4.78, 5) is 0. The summed E-state index contributed by atoms with van der Waals surface area (Å²) in [5.41, 5.74) is 0.432. The standard InChI is InChI=1S/C10H18O2/c1-3-11-7-4-10(2)5-8-12-9-6-10/h3H,1,4-9H2,2H3. The average Bonchev–Trinajstić information content (AvgIpc) is 2.06. The minimum Gasteiger partial charge on any atom is -0.502 e. The lowest BCUT2D eigenvalue weighted by Gasteiger charge is -2.33. The monoisotopic (exact) mass is 170 g/mol. The van der Waals surface area contributed by atoms with Crippen LogP contribution < -0.4 is 0 Å². The Morgan fingerprint density at radius 3 is 2.75 bits per heavy atom. The molecule has 0 aromatic heterocycles. The number of hydrogen-bond donors (Lipinski definition) is 0. The minimum atomic E-state index is 0.432. The van der Waals surface area contributed by atoms with Crippen LogP contribution in [0.1, 0.15) is 26.2 Å². The predicted molar refractivity (Wildman–Crippen MR) is 48.9 cm³/mol. The third-order valence-corrected chi connectivity index (χ3v) is 2.64. The van der Waals surface area contributed by atoms with Crippen LogP contribution in [0.4, 0.5) is 0 Å². The zero-order valence-electron chi connectivity index (χ0n) is 7.84. The zero-order valence-corrected chi connectivity index (χ0v) is 7.84. The van der Waals surface area contributed by atoms with Gasteiger partial charge in [0.25, 0.3) is 0 Å². The van der Waals surface area contributed by atoms with Crippen molar-refractivity contribution in [3.8, 4) is 0 Å². The van der Waals surface area contributed by atoms with Crippen molar-refractivity contribution in [3.05, 3.63) is 12.8 Å². The molecule has 70 valence electrons. The molecular weight excluding hydrogens is 152 g/mol. The van der Waals surface area contributed by atoms with E-state index >= 15 is 0 Å². The molecule has 0 spiro atoms. The summed E-state index contributed by atoms with van der Waals surface area (Å²) in [6, 6.07) is 0. The first-order valence-electron chi connectivity index (χ1n) is 4.57. The van der Waals surface area contributed by atoms with Crippen LogP contribution in [0.5, 0.6) is 0 Å². The van der Waals surface area contributed by atoms with Crippen molar-refractivity contribution in [1.29, 1.82) is 0 Å². The van der Waals surface area contributed by atoms with Gasteiger partial charge in [0.15, 0.2) is 0 Å². The second kappa shape index (κ2) is 4.51. The molecule has 0 aromatic carbocycles. The van der Waals surface area contributed by atoms with E-state index in [0.717, 1.165) is 39.1 Å². The van der Waals surface area contributed by atoms with Crippen LogP contribution in [0.25, 0.3) is 0 Å². The fraction of sp³-hybridized carbons (Fsp3) is 0.800. The highest BCUT2D eigenvalue weighted by Gasteiger charge is 2.26. The van der Waals surface area contributed by atoms with Gasteiger partial charge in [-0.2, -0.15) is 0 Å². The van der Waals surface area contributed by atoms with Gasteiger partial charge in [-0.25, -0.2) is 0 Å². The second-order valence-corrected chi connectivity index (χ2v) is 3.71. The Morgan fingerprint density at radius 1 is 1.50 bits per heavy atom. The van der Waals surface area contributed by atoms with Crippen LogP contribution in [-0.2, 0) is 9.47 Å². The molecule has 0 aromatic rings. The van der Waals surface area contributed by atoms with Gasteiger partial charge in [0.1, 0.15) is 0 Å². The summed E-state index contributed by atoms with van der Waals surface area (Å²) in [5, 5.41) is 0. The van der Waals surface area contributed by atoms with Gasteiger partial charge < -0.3 is 9.47 Å². The van der Waals surface area contributed by atoms with Crippen molar-refractivity contribution in [2.45, 2.75) is 26.2 Å². The number of rotatable bonds is 4. The Kier molecular flexibility index (Phi) is 3.60. The molecule has 0 N–H and O–H groups in total. The molecule has 2 nitrogen and oxygen atoms in total. The maximum Gasteiger partial charge on any atom is 0.0878 e. The molecule has 0 radical (unpaired) electrons. The summed E-state index contributed by atoms with van der Waals surface area (Å²) in [7, 11) is 0. The molecule has 12 heavy (non-hydrogen) atoms. The summed E-state index contributed by atoms with van der Waals surface area (Å²) < 4.78 is 10.4. The fourth-order valence-electron chi connectivity index (χ4n) is 1.50. The number of hydrogen-bond acceptors (Lipinski definition) is 2. The highest BCUT2D eigenvalue weighted by Crippen LogP contribution is 2.33. The van der Waals surface area contributed by atoms with Gasteiger partial charge in [-0.3, -0.25) is 0 Å². The van der Waals surface area contributed by atoms with E-state index in [1.54, 1.807) is 0 Å². The first-order valence-corrected chi connectivity index (χ1v) is 4.57. The van der Waals surface area contributed by atoms with Gasteiger partial charge in [-0.15, -0.1) is 0 Å². The molecule has 1 aliphatic rings. The largest absolute Gasteiger partial charge is 0.502 e. The molecule has 0 unspecified atom stereocenters. The predicted octanol–water partition coefficient (Wildman–Crippen LogP) is 2.35. The molecule has 1 heterocycles. The van der Waals surface area contributed by atoms with Gasteiger partial charge in [-0.1, -0.05) is 13.5 Å². The van der Waals surface area contributed by atoms with Gasteiger partial charge in [0.2, 0.25) is 0 Å². The lowest BCUT2D eigenvalue weighted by molar-refractivity contribution is 0.0109. The topological polar surface area (TPSA) is 18.5 Å². The van der Waals surface area contributed by atoms with Gasteiger partial charge in [0.05, 0.1) is 12.9 Å². The van der Waals surface area contributed by atoms with Crippen LogP contribution in [0.3, 0.4) is 0 Å². The average molecular weight is 170 g/mol. The van der Waals surface area contributed by atoms with Gasteiger partial charge in [0, 0.05) is 13.2 Å². The maximum absolute atomic E-state index is 5.31. The van der Waals surface area contributed by atoms with E-state index in [-0.39, 0.29) is 0 Å². The molecule has 1 fully saturated rings. The van der Waals surface area contributed by atoms with E-state index in [1.807, 2.05) is 0 Å². The summed E-state index contributed by atoms with van der Waals surface area (Å²) in [6.45, 7) is 8.43. The molecule has 0 aliphatic carbocycles. The molecule has 1 rings (SSSR count). The van der Waals surface area contributed by atoms with Crippen LogP contribution in [0, 0.1) is 5.41 Å². The Bertz CT molecular complexity index is 137. The van der Waals surface area contributed by atoms with Gasteiger partial charge >= 0.3 is 0 Å². The molecule has 0 atom stereocenters. The van der Waals surface area contributed by atoms with Crippen LogP contribution in [0.15, 0.2) is 12.8 Å². The summed E-state index contributed by atoms with van der Waals surface area (Å²) in [6.07, 6.45) is 4.95. The third-order valence-electron chi connectivity index (χ3n) is 2.64. The van der Waals surface area contributed by atoms with Crippen molar-refractivity contribution in [2.24, 2.45) is 5.41 Å². The van der Waals surface area contributed by atoms with Crippen LogP contribution in [0.2, 0.25) is 0 Å². The molecule has 2 heteroatoms. The summed E-state index contributed by atoms with van der Waals surface area (Å²) in [5.74, 6) is 0. The molecule has 0 amide bonds. The number of ether oxygens (including phenoxy) is 2. The Hall–Kier alpha value is -0.500. The zero-order chi connectivity index (χ0) is 8.86. The van der Waals surface area contributed by atoms with E-state index in [9.17, 15) is 0 Å². The van der Waals surface area contributed by atoms with E-state index < -0.39 is 0 Å². The highest BCUT2D eigenvalue weighted by atomic mass is 16.5.